The Hall–Kier alpha value is -0.440. The smallest absolute Gasteiger partial charge is 0.233 e. The van der Waals surface area contributed by atoms with Gasteiger partial charge in [-0.15, -0.1) is 0 Å². The molecule has 114 valence electrons. The Balaban J connectivity index is 1.56. The van der Waals surface area contributed by atoms with Crippen LogP contribution in [0.3, 0.4) is 0 Å². The maximum Gasteiger partial charge on any atom is 0.233 e. The molecule has 0 unspecified atom stereocenters. The molecule has 2 amide bonds. The van der Waals surface area contributed by atoms with Gasteiger partial charge in [0.1, 0.15) is 0 Å². The molecule has 0 spiro atoms. The lowest BCUT2D eigenvalue weighted by molar-refractivity contribution is -0.133. The lowest BCUT2D eigenvalue weighted by Crippen LogP contribution is -2.42. The number of ether oxygens (including phenoxy) is 2. The standard InChI is InChI=1S/C12H20N2O4S2/c15-11(13-1-5-17-6-2-13)9-19-20-10-12(16)14-3-7-18-8-4-14/h1-10H2. The number of amides is 2. The zero-order chi connectivity index (χ0) is 14.2. The molecule has 2 aliphatic rings. The van der Waals surface area contributed by atoms with Gasteiger partial charge in [0.25, 0.3) is 0 Å². The number of nitrogens with zero attached hydrogens (tertiary/aromatic N) is 2. The molecule has 0 aromatic carbocycles. The lowest BCUT2D eigenvalue weighted by atomic mass is 10.4. The Morgan fingerprint density at radius 1 is 0.750 bits per heavy atom. The number of carbonyl (C=O) groups excluding carboxylic acids is 2. The highest BCUT2D eigenvalue weighted by Gasteiger charge is 2.18. The van der Waals surface area contributed by atoms with Gasteiger partial charge in [-0.25, -0.2) is 0 Å². The fourth-order valence-corrected chi connectivity index (χ4v) is 3.83. The molecular weight excluding hydrogens is 300 g/mol. The molecule has 2 fully saturated rings. The molecule has 0 N–H and O–H groups in total. The van der Waals surface area contributed by atoms with Crippen LogP contribution in [0.15, 0.2) is 0 Å². The Morgan fingerprint density at radius 2 is 1.10 bits per heavy atom. The van der Waals surface area contributed by atoms with Gasteiger partial charge in [-0.05, 0) is 0 Å². The Kier molecular flexibility index (Phi) is 6.98. The molecule has 2 heterocycles. The third kappa shape index (κ3) is 5.16. The summed E-state index contributed by atoms with van der Waals surface area (Å²) in [5.74, 6) is 1.09. The molecule has 0 aromatic heterocycles. The quantitative estimate of drug-likeness (QED) is 0.528. The van der Waals surface area contributed by atoms with Gasteiger partial charge < -0.3 is 19.3 Å². The van der Waals surface area contributed by atoms with Gasteiger partial charge >= 0.3 is 0 Å². The van der Waals surface area contributed by atoms with E-state index in [0.717, 1.165) is 0 Å². The SMILES string of the molecule is O=C(CSSCC(=O)N1CCOCC1)N1CCOCC1. The van der Waals surface area contributed by atoms with Crippen LogP contribution < -0.4 is 0 Å². The van der Waals surface area contributed by atoms with E-state index in [1.807, 2.05) is 9.80 Å². The molecule has 0 radical (unpaired) electrons. The Bertz CT molecular complexity index is 299. The summed E-state index contributed by atoms with van der Waals surface area (Å²) < 4.78 is 10.4. The monoisotopic (exact) mass is 320 g/mol. The van der Waals surface area contributed by atoms with Gasteiger partial charge in [-0.1, -0.05) is 21.6 Å². The molecule has 0 aromatic rings. The van der Waals surface area contributed by atoms with Crippen molar-refractivity contribution in [3.63, 3.8) is 0 Å². The second-order valence-corrected chi connectivity index (χ2v) is 6.97. The normalized spacial score (nSPS) is 20.0. The number of carbonyl (C=O) groups is 2. The topological polar surface area (TPSA) is 59.1 Å². The second-order valence-electron chi connectivity index (χ2n) is 4.51. The predicted molar refractivity (Wildman–Crippen MR) is 79.7 cm³/mol. The average Bonchev–Trinajstić information content (AvgIpc) is 2.53. The minimum Gasteiger partial charge on any atom is -0.378 e. The molecular formula is C12H20N2O4S2. The van der Waals surface area contributed by atoms with Crippen molar-refractivity contribution in [1.29, 1.82) is 0 Å². The summed E-state index contributed by atoms with van der Waals surface area (Å²) in [4.78, 5) is 27.4. The number of hydrogen-bond donors (Lipinski definition) is 0. The van der Waals surface area contributed by atoms with E-state index < -0.39 is 0 Å². The molecule has 0 atom stereocenters. The number of morpholine rings is 2. The van der Waals surface area contributed by atoms with Gasteiger partial charge in [-0.3, -0.25) is 9.59 Å². The van der Waals surface area contributed by atoms with Gasteiger partial charge in [0.2, 0.25) is 11.8 Å². The third-order valence-corrected chi connectivity index (χ3v) is 5.28. The van der Waals surface area contributed by atoms with E-state index in [1.165, 1.54) is 21.6 Å². The maximum absolute atomic E-state index is 11.9. The van der Waals surface area contributed by atoms with Crippen LogP contribution in [0.5, 0.6) is 0 Å². The molecule has 0 saturated carbocycles. The fraction of sp³-hybridized carbons (Fsp3) is 0.833. The molecule has 2 saturated heterocycles. The van der Waals surface area contributed by atoms with E-state index >= 15 is 0 Å². The fourth-order valence-electron chi connectivity index (χ4n) is 1.99. The summed E-state index contributed by atoms with van der Waals surface area (Å²) >= 11 is 0. The minimum absolute atomic E-state index is 0.129. The highest BCUT2D eigenvalue weighted by atomic mass is 33.1. The van der Waals surface area contributed by atoms with Gasteiger partial charge in [0, 0.05) is 26.2 Å². The van der Waals surface area contributed by atoms with Crippen molar-refractivity contribution in [2.75, 3.05) is 64.1 Å². The first-order valence-corrected chi connectivity index (χ1v) is 9.21. The highest BCUT2D eigenvalue weighted by molar-refractivity contribution is 8.77. The first-order valence-electron chi connectivity index (χ1n) is 6.73. The lowest BCUT2D eigenvalue weighted by Gasteiger charge is -2.27. The van der Waals surface area contributed by atoms with Crippen LogP contribution in [0.4, 0.5) is 0 Å². The van der Waals surface area contributed by atoms with Crippen molar-refractivity contribution in [3.05, 3.63) is 0 Å². The zero-order valence-electron chi connectivity index (χ0n) is 11.4. The van der Waals surface area contributed by atoms with Gasteiger partial charge in [0.05, 0.1) is 37.9 Å². The van der Waals surface area contributed by atoms with Crippen LogP contribution in [-0.2, 0) is 19.1 Å². The first kappa shape index (κ1) is 15.9. The van der Waals surface area contributed by atoms with Crippen LogP contribution in [-0.4, -0.2) is 85.7 Å². The van der Waals surface area contributed by atoms with E-state index in [2.05, 4.69) is 0 Å². The summed E-state index contributed by atoms with van der Waals surface area (Å²) in [5, 5.41) is 0. The van der Waals surface area contributed by atoms with E-state index in [4.69, 9.17) is 9.47 Å². The van der Waals surface area contributed by atoms with Crippen molar-refractivity contribution in [2.24, 2.45) is 0 Å². The summed E-state index contributed by atoms with van der Waals surface area (Å²) in [7, 11) is 2.91. The molecule has 0 aliphatic carbocycles. The third-order valence-electron chi connectivity index (χ3n) is 3.18. The van der Waals surface area contributed by atoms with E-state index in [0.29, 0.717) is 64.1 Å². The Labute approximate surface area is 126 Å². The van der Waals surface area contributed by atoms with Crippen molar-refractivity contribution < 1.29 is 19.1 Å². The van der Waals surface area contributed by atoms with Crippen LogP contribution in [0.1, 0.15) is 0 Å². The molecule has 20 heavy (non-hydrogen) atoms. The van der Waals surface area contributed by atoms with Crippen molar-refractivity contribution in [1.82, 2.24) is 9.80 Å². The van der Waals surface area contributed by atoms with Crippen molar-refractivity contribution in [2.45, 2.75) is 0 Å². The molecule has 6 nitrogen and oxygen atoms in total. The second kappa shape index (κ2) is 8.76. The summed E-state index contributed by atoms with van der Waals surface area (Å²) in [6.45, 7) is 5.21. The van der Waals surface area contributed by atoms with Crippen LogP contribution >= 0.6 is 21.6 Å². The first-order chi connectivity index (χ1) is 9.77. The minimum atomic E-state index is 0.129. The largest absolute Gasteiger partial charge is 0.378 e. The summed E-state index contributed by atoms with van der Waals surface area (Å²) in [6.07, 6.45) is 0. The van der Waals surface area contributed by atoms with Crippen molar-refractivity contribution >= 4 is 33.4 Å². The van der Waals surface area contributed by atoms with E-state index in [1.54, 1.807) is 0 Å². The average molecular weight is 320 g/mol. The van der Waals surface area contributed by atoms with Crippen LogP contribution in [0.25, 0.3) is 0 Å². The Morgan fingerprint density at radius 3 is 1.45 bits per heavy atom. The van der Waals surface area contributed by atoms with Gasteiger partial charge in [0.15, 0.2) is 0 Å². The highest BCUT2D eigenvalue weighted by Crippen LogP contribution is 2.22. The number of rotatable bonds is 5. The summed E-state index contributed by atoms with van der Waals surface area (Å²) in [5.41, 5.74) is 0. The maximum atomic E-state index is 11.9. The van der Waals surface area contributed by atoms with E-state index in [9.17, 15) is 9.59 Å². The summed E-state index contributed by atoms with van der Waals surface area (Å²) in [6, 6.07) is 0. The predicted octanol–water partition coefficient (Wildman–Crippen LogP) is 0.0854. The molecule has 0 bridgehead atoms. The van der Waals surface area contributed by atoms with Crippen LogP contribution in [0, 0.1) is 0 Å². The van der Waals surface area contributed by atoms with Gasteiger partial charge in [-0.2, -0.15) is 0 Å². The van der Waals surface area contributed by atoms with Crippen molar-refractivity contribution in [3.8, 4) is 0 Å². The molecule has 2 rings (SSSR count). The number of hydrogen-bond acceptors (Lipinski definition) is 6. The molecule has 2 aliphatic heterocycles. The molecule has 8 heteroatoms. The van der Waals surface area contributed by atoms with Crippen LogP contribution in [0.2, 0.25) is 0 Å². The zero-order valence-corrected chi connectivity index (χ0v) is 13.0. The van der Waals surface area contributed by atoms with E-state index in [-0.39, 0.29) is 11.8 Å².